The number of hydrogen-bond acceptors (Lipinski definition) is 9. The molecular formula is C20H22N4O6S. The molecule has 2 aliphatic rings. The Kier molecular flexibility index (Phi) is 5.52. The lowest BCUT2D eigenvalue weighted by molar-refractivity contribution is -0.151. The van der Waals surface area contributed by atoms with Gasteiger partial charge in [-0.3, -0.25) is 14.6 Å². The van der Waals surface area contributed by atoms with Crippen molar-refractivity contribution < 1.29 is 27.5 Å². The van der Waals surface area contributed by atoms with Crippen molar-refractivity contribution in [1.82, 2.24) is 15.0 Å². The van der Waals surface area contributed by atoms with Crippen LogP contribution in [0.3, 0.4) is 0 Å². The molecule has 1 atom stereocenters. The van der Waals surface area contributed by atoms with Crippen LogP contribution in [0.15, 0.2) is 35.4 Å². The van der Waals surface area contributed by atoms with E-state index in [1.165, 1.54) is 11.1 Å². The van der Waals surface area contributed by atoms with E-state index in [0.29, 0.717) is 11.2 Å². The number of pyridine rings is 1. The van der Waals surface area contributed by atoms with Crippen molar-refractivity contribution >= 4 is 44.6 Å². The van der Waals surface area contributed by atoms with Gasteiger partial charge in [0.15, 0.2) is 15.6 Å². The molecule has 0 saturated carbocycles. The summed E-state index contributed by atoms with van der Waals surface area (Å²) in [6.07, 6.45) is 4.44. The van der Waals surface area contributed by atoms with Gasteiger partial charge in [-0.1, -0.05) is 0 Å². The number of carbonyl (C=O) groups excluding carboxylic acids is 2. The summed E-state index contributed by atoms with van der Waals surface area (Å²) in [6.45, 7) is 3.67. The van der Waals surface area contributed by atoms with Gasteiger partial charge in [0.2, 0.25) is 17.6 Å². The Bertz CT molecular complexity index is 1180. The molecule has 0 aromatic carbocycles. The Morgan fingerprint density at radius 1 is 1.39 bits per heavy atom. The second kappa shape index (κ2) is 8.14. The van der Waals surface area contributed by atoms with Crippen LogP contribution >= 0.6 is 0 Å². The first-order valence-corrected chi connectivity index (χ1v) is 11.7. The number of nitrogens with one attached hydrogen (secondary N) is 1. The maximum atomic E-state index is 13.0. The van der Waals surface area contributed by atoms with Gasteiger partial charge in [-0.25, -0.2) is 13.4 Å². The summed E-state index contributed by atoms with van der Waals surface area (Å²) in [5.74, 6) is -2.92. The van der Waals surface area contributed by atoms with E-state index in [4.69, 9.17) is 9.47 Å². The van der Waals surface area contributed by atoms with Gasteiger partial charge in [0.1, 0.15) is 5.65 Å². The molecular weight excluding hydrogens is 424 g/mol. The summed E-state index contributed by atoms with van der Waals surface area (Å²) in [4.78, 5) is 32.9. The van der Waals surface area contributed by atoms with Crippen LogP contribution in [0.2, 0.25) is 0 Å². The Hall–Kier alpha value is -3.21. The highest BCUT2D eigenvalue weighted by Gasteiger charge is 2.45. The number of allylic oxidation sites excluding steroid dienone is 1. The average Bonchev–Trinajstić information content (AvgIpc) is 3.24. The summed E-state index contributed by atoms with van der Waals surface area (Å²) in [5, 5.41) is 6.57. The number of ether oxygens (including phenoxy) is 2. The molecule has 2 saturated heterocycles. The number of nitrogens with zero attached hydrogens (tertiary/aromatic N) is 3. The minimum absolute atomic E-state index is 0.0427. The molecule has 10 nitrogen and oxygen atoms in total. The first-order chi connectivity index (χ1) is 14.7. The average molecular weight is 446 g/mol. The number of aromatic amines is 1. The quantitative estimate of drug-likeness (QED) is 0.420. The summed E-state index contributed by atoms with van der Waals surface area (Å²) in [6, 6.07) is 3.62. The van der Waals surface area contributed by atoms with E-state index in [-0.39, 0.29) is 36.3 Å². The van der Waals surface area contributed by atoms with Crippen LogP contribution in [-0.2, 0) is 28.9 Å². The number of hydrazone groups is 1. The van der Waals surface area contributed by atoms with Crippen LogP contribution in [0.4, 0.5) is 0 Å². The van der Waals surface area contributed by atoms with Gasteiger partial charge in [0, 0.05) is 23.3 Å². The second-order valence-electron chi connectivity index (χ2n) is 7.58. The van der Waals surface area contributed by atoms with Gasteiger partial charge in [0.05, 0.1) is 30.7 Å². The molecule has 1 unspecified atom stereocenters. The molecule has 0 spiro atoms. The summed E-state index contributed by atoms with van der Waals surface area (Å²) in [7, 11) is -3.10. The fourth-order valence-corrected chi connectivity index (χ4v) is 4.53. The molecule has 0 bridgehead atoms. The summed E-state index contributed by atoms with van der Waals surface area (Å²) in [5.41, 5.74) is 1.33. The summed E-state index contributed by atoms with van der Waals surface area (Å²) >= 11 is 0. The molecule has 0 radical (unpaired) electrons. The maximum Gasteiger partial charge on any atom is 0.326 e. The number of aromatic nitrogens is 2. The van der Waals surface area contributed by atoms with E-state index in [9.17, 15) is 18.0 Å². The monoisotopic (exact) mass is 446 g/mol. The van der Waals surface area contributed by atoms with E-state index in [0.717, 1.165) is 5.39 Å². The molecule has 2 aliphatic heterocycles. The predicted molar refractivity (Wildman–Crippen MR) is 113 cm³/mol. The minimum Gasteiger partial charge on any atom is -0.462 e. The largest absolute Gasteiger partial charge is 0.462 e. The molecule has 2 fully saturated rings. The van der Waals surface area contributed by atoms with Crippen LogP contribution in [0.5, 0.6) is 0 Å². The van der Waals surface area contributed by atoms with Crippen LogP contribution in [-0.4, -0.2) is 71.7 Å². The fraction of sp³-hybridized carbons (Fsp3) is 0.400. The lowest BCUT2D eigenvalue weighted by atomic mass is 10.0. The number of H-pyrrole nitrogens is 1. The van der Waals surface area contributed by atoms with E-state index < -0.39 is 33.6 Å². The smallest absolute Gasteiger partial charge is 0.326 e. The van der Waals surface area contributed by atoms with Gasteiger partial charge in [-0.2, -0.15) is 0 Å². The number of fused-ring (bicyclic) bond motifs is 1. The number of esters is 1. The van der Waals surface area contributed by atoms with Crippen LogP contribution in [0, 0.1) is 5.92 Å². The van der Waals surface area contributed by atoms with Crippen LogP contribution in [0.1, 0.15) is 19.4 Å². The molecule has 2 aromatic heterocycles. The van der Waals surface area contributed by atoms with Gasteiger partial charge in [-0.05, 0) is 32.1 Å². The zero-order valence-corrected chi connectivity index (χ0v) is 17.9. The van der Waals surface area contributed by atoms with Crippen LogP contribution < -0.4 is 0 Å². The van der Waals surface area contributed by atoms with Crippen molar-refractivity contribution in [3.8, 4) is 0 Å². The van der Waals surface area contributed by atoms with E-state index in [1.807, 2.05) is 6.07 Å². The molecule has 164 valence electrons. The third kappa shape index (κ3) is 4.46. The van der Waals surface area contributed by atoms with Gasteiger partial charge in [0.25, 0.3) is 0 Å². The van der Waals surface area contributed by atoms with Crippen LogP contribution in [0.25, 0.3) is 17.1 Å². The number of hydrogen-bond donors (Lipinski definition) is 1. The normalized spacial score (nSPS) is 23.6. The van der Waals surface area contributed by atoms with E-state index in [2.05, 4.69) is 15.1 Å². The summed E-state index contributed by atoms with van der Waals surface area (Å²) < 4.78 is 34.3. The highest BCUT2D eigenvalue weighted by Crippen LogP contribution is 2.28. The maximum absolute atomic E-state index is 13.0. The standard InChI is InChI=1S/C20H22N4O6S/c1-12(2)29-20(26)16-17(25)15(10-13-11-22-18-14(13)4-3-5-21-18)30-19(16)23-24-6-8-31(27,28)9-7-24/h3-5,10-12,16H,6-9H2,1-2H3,(H,21,22)/b15-10-,23-19?. The van der Waals surface area contributed by atoms with E-state index in [1.54, 1.807) is 32.3 Å². The van der Waals surface area contributed by atoms with Crippen molar-refractivity contribution in [1.29, 1.82) is 0 Å². The molecule has 31 heavy (non-hydrogen) atoms. The first kappa shape index (κ1) is 21.0. The van der Waals surface area contributed by atoms with Crippen molar-refractivity contribution in [3.05, 3.63) is 35.8 Å². The number of Topliss-reactive ketones (excluding diaryl/α,β-unsaturated/α-hetero) is 1. The molecule has 0 aliphatic carbocycles. The van der Waals surface area contributed by atoms with Crippen molar-refractivity contribution in [3.63, 3.8) is 0 Å². The molecule has 0 amide bonds. The zero-order valence-electron chi connectivity index (χ0n) is 17.1. The molecule has 11 heteroatoms. The van der Waals surface area contributed by atoms with Crippen molar-refractivity contribution in [2.75, 3.05) is 24.6 Å². The van der Waals surface area contributed by atoms with Gasteiger partial charge in [-0.15, -0.1) is 5.10 Å². The molecule has 1 N–H and O–H groups in total. The highest BCUT2D eigenvalue weighted by atomic mass is 32.2. The Morgan fingerprint density at radius 2 is 2.13 bits per heavy atom. The Morgan fingerprint density at radius 3 is 2.84 bits per heavy atom. The Balaban J connectivity index is 1.67. The molecule has 2 aromatic rings. The number of ketones is 1. The molecule has 4 rings (SSSR count). The second-order valence-corrected chi connectivity index (χ2v) is 9.88. The first-order valence-electron chi connectivity index (χ1n) is 9.84. The van der Waals surface area contributed by atoms with Crippen molar-refractivity contribution in [2.24, 2.45) is 11.0 Å². The zero-order chi connectivity index (χ0) is 22.2. The Labute approximate surface area is 178 Å². The predicted octanol–water partition coefficient (Wildman–Crippen LogP) is 1.11. The van der Waals surface area contributed by atoms with Gasteiger partial charge >= 0.3 is 5.97 Å². The molecule has 4 heterocycles. The highest BCUT2D eigenvalue weighted by molar-refractivity contribution is 7.91. The van der Waals surface area contributed by atoms with Gasteiger partial charge < -0.3 is 14.5 Å². The lowest BCUT2D eigenvalue weighted by Gasteiger charge is -2.24. The topological polar surface area (TPSA) is 131 Å². The number of rotatable bonds is 4. The van der Waals surface area contributed by atoms with Crippen molar-refractivity contribution in [2.45, 2.75) is 20.0 Å². The number of sulfone groups is 1. The third-order valence-corrected chi connectivity index (χ3v) is 6.49. The SMILES string of the molecule is CC(C)OC(=O)C1C(=O)/C(=C/c2c[nH]c3ncccc23)OC1=NN1CCS(=O)(=O)CC1. The third-order valence-electron chi connectivity index (χ3n) is 4.88. The number of carbonyl (C=O) groups is 2. The van der Waals surface area contributed by atoms with E-state index >= 15 is 0 Å². The minimum atomic E-state index is -3.10. The fourth-order valence-electron chi connectivity index (χ4n) is 3.34. The lowest BCUT2D eigenvalue weighted by Crippen LogP contribution is -2.39.